The Kier molecular flexibility index (Phi) is 5.03. The lowest BCUT2D eigenvalue weighted by Crippen LogP contribution is -2.27. The molecule has 0 radical (unpaired) electrons. The number of benzene rings is 2. The Morgan fingerprint density at radius 3 is 2.12 bits per heavy atom. The molecule has 0 saturated carbocycles. The molecule has 1 aliphatic rings. The number of carbonyl (C=O) groups is 2. The minimum atomic E-state index is -0.170. The van der Waals surface area contributed by atoms with E-state index in [1.807, 2.05) is 4.90 Å². The Morgan fingerprint density at radius 2 is 1.52 bits per heavy atom. The van der Waals surface area contributed by atoms with Crippen molar-refractivity contribution in [3.63, 3.8) is 0 Å². The summed E-state index contributed by atoms with van der Waals surface area (Å²) >= 11 is 0. The van der Waals surface area contributed by atoms with Crippen molar-refractivity contribution in [1.82, 2.24) is 4.90 Å². The van der Waals surface area contributed by atoms with E-state index in [2.05, 4.69) is 0 Å². The molecular formula is C20H21NO4. The molecule has 1 fully saturated rings. The molecule has 0 bridgehead atoms. The summed E-state index contributed by atoms with van der Waals surface area (Å²) in [5, 5.41) is 0. The van der Waals surface area contributed by atoms with Gasteiger partial charge < -0.3 is 14.4 Å². The van der Waals surface area contributed by atoms with Crippen LogP contribution in [0, 0.1) is 0 Å². The smallest absolute Gasteiger partial charge is 0.253 e. The largest absolute Gasteiger partial charge is 0.497 e. The lowest BCUT2D eigenvalue weighted by atomic mass is 10.0. The molecule has 130 valence electrons. The first-order valence-corrected chi connectivity index (χ1v) is 8.30. The number of methoxy groups -OCH3 is 2. The van der Waals surface area contributed by atoms with Gasteiger partial charge in [0.05, 0.1) is 19.8 Å². The second kappa shape index (κ2) is 7.38. The van der Waals surface area contributed by atoms with Gasteiger partial charge in [-0.2, -0.15) is 0 Å². The van der Waals surface area contributed by atoms with Crippen LogP contribution >= 0.6 is 0 Å². The molecule has 1 heterocycles. The Morgan fingerprint density at radius 1 is 0.880 bits per heavy atom. The standard InChI is InChI=1S/C20H21NO4/c1-24-16-9-10-18(25-2)17(13-16)19(22)14-5-7-15(8-6-14)20(23)21-11-3-4-12-21/h5-10,13H,3-4,11-12H2,1-2H3. The maximum Gasteiger partial charge on any atom is 0.253 e. The van der Waals surface area contributed by atoms with Crippen LogP contribution < -0.4 is 9.47 Å². The van der Waals surface area contributed by atoms with Crippen LogP contribution in [0.5, 0.6) is 11.5 Å². The number of hydrogen-bond donors (Lipinski definition) is 0. The fourth-order valence-electron chi connectivity index (χ4n) is 3.01. The second-order valence-electron chi connectivity index (χ2n) is 5.97. The first-order chi connectivity index (χ1) is 12.1. The van der Waals surface area contributed by atoms with Gasteiger partial charge in [-0.25, -0.2) is 0 Å². The van der Waals surface area contributed by atoms with Crippen molar-refractivity contribution < 1.29 is 19.1 Å². The summed E-state index contributed by atoms with van der Waals surface area (Å²) in [6.45, 7) is 1.61. The summed E-state index contributed by atoms with van der Waals surface area (Å²) in [5.41, 5.74) is 1.54. The Labute approximate surface area is 147 Å². The SMILES string of the molecule is COc1ccc(OC)c(C(=O)c2ccc(C(=O)N3CCCC3)cc2)c1. The Balaban J connectivity index is 1.84. The number of ketones is 1. The second-order valence-corrected chi connectivity index (χ2v) is 5.97. The van der Waals surface area contributed by atoms with Crippen LogP contribution in [-0.4, -0.2) is 43.9 Å². The lowest BCUT2D eigenvalue weighted by Gasteiger charge is -2.15. The molecule has 5 heteroatoms. The van der Waals surface area contributed by atoms with E-state index in [1.165, 1.54) is 7.11 Å². The third kappa shape index (κ3) is 3.50. The number of ether oxygens (including phenoxy) is 2. The van der Waals surface area contributed by atoms with Crippen LogP contribution in [0.2, 0.25) is 0 Å². The molecule has 1 aliphatic heterocycles. The molecule has 3 rings (SSSR count). The number of hydrogen-bond acceptors (Lipinski definition) is 4. The molecule has 0 atom stereocenters. The highest BCUT2D eigenvalue weighted by Gasteiger charge is 2.20. The van der Waals surface area contributed by atoms with E-state index in [1.54, 1.807) is 49.6 Å². The van der Waals surface area contributed by atoms with Crippen molar-refractivity contribution in [3.8, 4) is 11.5 Å². The van der Waals surface area contributed by atoms with E-state index < -0.39 is 0 Å². The Bertz CT molecular complexity index is 777. The average molecular weight is 339 g/mol. The predicted molar refractivity (Wildman–Crippen MR) is 94.6 cm³/mol. The maximum atomic E-state index is 12.8. The summed E-state index contributed by atoms with van der Waals surface area (Å²) in [5.74, 6) is 0.930. The highest BCUT2D eigenvalue weighted by molar-refractivity contribution is 6.11. The number of likely N-dealkylation sites (tertiary alicyclic amines) is 1. The van der Waals surface area contributed by atoms with E-state index in [0.29, 0.717) is 28.2 Å². The van der Waals surface area contributed by atoms with Crippen molar-refractivity contribution in [1.29, 1.82) is 0 Å². The van der Waals surface area contributed by atoms with Crippen molar-refractivity contribution in [2.45, 2.75) is 12.8 Å². The third-order valence-corrected chi connectivity index (χ3v) is 4.44. The van der Waals surface area contributed by atoms with Gasteiger partial charge in [-0.1, -0.05) is 12.1 Å². The van der Waals surface area contributed by atoms with Crippen LogP contribution in [0.3, 0.4) is 0 Å². The quantitative estimate of drug-likeness (QED) is 0.785. The van der Waals surface area contributed by atoms with Crippen molar-refractivity contribution in [3.05, 3.63) is 59.2 Å². The topological polar surface area (TPSA) is 55.8 Å². The number of carbonyl (C=O) groups excluding carboxylic acids is 2. The summed E-state index contributed by atoms with van der Waals surface area (Å²) in [6.07, 6.45) is 2.11. The van der Waals surface area contributed by atoms with E-state index in [9.17, 15) is 9.59 Å². The molecular weight excluding hydrogens is 318 g/mol. The van der Waals surface area contributed by atoms with E-state index in [0.717, 1.165) is 25.9 Å². The molecule has 2 aromatic rings. The summed E-state index contributed by atoms with van der Waals surface area (Å²) in [7, 11) is 3.07. The molecule has 1 amide bonds. The zero-order valence-electron chi connectivity index (χ0n) is 14.5. The molecule has 0 unspecified atom stereocenters. The molecule has 0 N–H and O–H groups in total. The summed E-state index contributed by atoms with van der Waals surface area (Å²) in [6, 6.07) is 11.9. The van der Waals surface area contributed by atoms with Crippen LogP contribution in [0.4, 0.5) is 0 Å². The van der Waals surface area contributed by atoms with Crippen molar-refractivity contribution >= 4 is 11.7 Å². The van der Waals surface area contributed by atoms with Gasteiger partial charge in [-0.15, -0.1) is 0 Å². The fraction of sp³-hybridized carbons (Fsp3) is 0.300. The highest BCUT2D eigenvalue weighted by atomic mass is 16.5. The number of rotatable bonds is 5. The van der Waals surface area contributed by atoms with Crippen LogP contribution in [-0.2, 0) is 0 Å². The van der Waals surface area contributed by atoms with Crippen molar-refractivity contribution in [2.75, 3.05) is 27.3 Å². The summed E-state index contributed by atoms with van der Waals surface area (Å²) < 4.78 is 10.5. The monoisotopic (exact) mass is 339 g/mol. The highest BCUT2D eigenvalue weighted by Crippen LogP contribution is 2.26. The van der Waals surface area contributed by atoms with Gasteiger partial charge in [0.2, 0.25) is 0 Å². The van der Waals surface area contributed by atoms with Gasteiger partial charge in [-0.05, 0) is 43.2 Å². The third-order valence-electron chi connectivity index (χ3n) is 4.44. The van der Waals surface area contributed by atoms with Gasteiger partial charge in [0.15, 0.2) is 5.78 Å². The molecule has 2 aromatic carbocycles. The molecule has 0 spiro atoms. The average Bonchev–Trinajstić information content (AvgIpc) is 3.21. The number of nitrogens with zero attached hydrogens (tertiary/aromatic N) is 1. The van der Waals surface area contributed by atoms with Crippen LogP contribution in [0.1, 0.15) is 39.1 Å². The molecule has 0 aromatic heterocycles. The van der Waals surface area contributed by atoms with Gasteiger partial charge in [0.25, 0.3) is 5.91 Å². The van der Waals surface area contributed by atoms with E-state index >= 15 is 0 Å². The van der Waals surface area contributed by atoms with Crippen LogP contribution in [0.15, 0.2) is 42.5 Å². The Hall–Kier alpha value is -2.82. The number of amides is 1. The lowest BCUT2D eigenvalue weighted by molar-refractivity contribution is 0.0792. The zero-order chi connectivity index (χ0) is 17.8. The first-order valence-electron chi connectivity index (χ1n) is 8.30. The maximum absolute atomic E-state index is 12.8. The first kappa shape index (κ1) is 17.0. The van der Waals surface area contributed by atoms with Gasteiger partial charge in [0.1, 0.15) is 11.5 Å². The fourth-order valence-corrected chi connectivity index (χ4v) is 3.01. The zero-order valence-corrected chi connectivity index (χ0v) is 14.5. The predicted octanol–water partition coefficient (Wildman–Crippen LogP) is 3.17. The van der Waals surface area contributed by atoms with E-state index in [4.69, 9.17) is 9.47 Å². The molecule has 5 nitrogen and oxygen atoms in total. The normalized spacial score (nSPS) is 13.6. The summed E-state index contributed by atoms with van der Waals surface area (Å²) in [4.78, 5) is 27.0. The van der Waals surface area contributed by atoms with E-state index in [-0.39, 0.29) is 11.7 Å². The molecule has 0 aliphatic carbocycles. The minimum absolute atomic E-state index is 0.0236. The minimum Gasteiger partial charge on any atom is -0.497 e. The molecule has 25 heavy (non-hydrogen) atoms. The van der Waals surface area contributed by atoms with Gasteiger partial charge in [0, 0.05) is 24.2 Å². The van der Waals surface area contributed by atoms with Crippen molar-refractivity contribution in [2.24, 2.45) is 0 Å². The van der Waals surface area contributed by atoms with Gasteiger partial charge in [-0.3, -0.25) is 9.59 Å². The molecule has 1 saturated heterocycles. The van der Waals surface area contributed by atoms with Gasteiger partial charge >= 0.3 is 0 Å². The van der Waals surface area contributed by atoms with Crippen LogP contribution in [0.25, 0.3) is 0 Å².